The highest BCUT2D eigenvalue weighted by molar-refractivity contribution is 6.14. The molecule has 3 aromatic carbocycles. The maximum Gasteiger partial charge on any atom is 0.407 e. The van der Waals surface area contributed by atoms with Gasteiger partial charge in [0.05, 0.1) is 17.1 Å². The van der Waals surface area contributed by atoms with Gasteiger partial charge in [0, 0.05) is 24.2 Å². The summed E-state index contributed by atoms with van der Waals surface area (Å²) in [6.45, 7) is 2.73. The Labute approximate surface area is 239 Å². The highest BCUT2D eigenvalue weighted by Gasteiger charge is 2.31. The molecule has 0 spiro atoms. The van der Waals surface area contributed by atoms with Crippen LogP contribution in [0.3, 0.4) is 0 Å². The zero-order valence-electron chi connectivity index (χ0n) is 22.7. The van der Waals surface area contributed by atoms with E-state index in [0.717, 1.165) is 22.8 Å². The number of likely N-dealkylation sites (tertiary alicyclic amines) is 1. The smallest absolute Gasteiger partial charge is 0.407 e. The van der Waals surface area contributed by atoms with Crippen molar-refractivity contribution >= 4 is 45.3 Å². The number of hydrogen-bond acceptors (Lipinski definition) is 8. The van der Waals surface area contributed by atoms with Gasteiger partial charge < -0.3 is 30.5 Å². The van der Waals surface area contributed by atoms with E-state index in [2.05, 4.69) is 15.3 Å². The summed E-state index contributed by atoms with van der Waals surface area (Å²) in [4.78, 5) is 35.2. The topological polar surface area (TPSA) is 158 Å². The van der Waals surface area contributed by atoms with E-state index >= 15 is 0 Å². The summed E-state index contributed by atoms with van der Waals surface area (Å²) in [6.07, 6.45) is 1.84. The van der Waals surface area contributed by atoms with Crippen LogP contribution in [0.5, 0.6) is 11.5 Å². The van der Waals surface area contributed by atoms with Gasteiger partial charge in [-0.3, -0.25) is 4.79 Å². The Bertz CT molecular complexity index is 1900. The fourth-order valence-electron chi connectivity index (χ4n) is 5.89. The number of ether oxygens (including phenoxy) is 2. The molecule has 0 aliphatic carbocycles. The molecular weight excluding hydrogens is 538 g/mol. The number of anilines is 2. The maximum atomic E-state index is 13.5. The van der Waals surface area contributed by atoms with Crippen LogP contribution < -0.4 is 20.5 Å². The molecule has 5 aromatic rings. The van der Waals surface area contributed by atoms with Gasteiger partial charge >= 0.3 is 6.09 Å². The molecule has 2 aromatic heterocycles. The first-order valence-electron chi connectivity index (χ1n) is 13.6. The molecule has 4 heterocycles. The molecule has 0 unspecified atom stereocenters. The molecule has 212 valence electrons. The Morgan fingerprint density at radius 3 is 2.69 bits per heavy atom. The van der Waals surface area contributed by atoms with Crippen molar-refractivity contribution in [2.75, 3.05) is 30.9 Å². The molecule has 12 heteroatoms. The van der Waals surface area contributed by atoms with E-state index < -0.39 is 6.09 Å². The van der Waals surface area contributed by atoms with Crippen molar-refractivity contribution in [3.05, 3.63) is 66.0 Å². The monoisotopic (exact) mass is 565 g/mol. The number of nitrogens with zero attached hydrogens (tertiary/aromatic N) is 5. The standard InChI is InChI=1S/C30H27N7O5/c1-16-8-9-20(19-7-3-2-6-18(16)19)29(38)34-22-11-10-21(25-26(22)42-15-41-25)24-23-27(31)32-14-33-28(23)37(35-24)17-5-4-12-36(13-17)30(39)40/h2-3,6-11,14,17H,4-5,12-13,15H2,1H3,(H,34,38)(H,39,40)(H2,31,32,33)/t17-/m1/s1. The van der Waals surface area contributed by atoms with Gasteiger partial charge in [-0.2, -0.15) is 5.10 Å². The lowest BCUT2D eigenvalue weighted by atomic mass is 9.99. The molecule has 2 amide bonds. The van der Waals surface area contributed by atoms with Crippen LogP contribution in [-0.4, -0.2) is 61.6 Å². The van der Waals surface area contributed by atoms with E-state index in [4.69, 9.17) is 20.3 Å². The number of aromatic nitrogens is 4. The molecule has 2 aliphatic rings. The number of nitrogen functional groups attached to an aromatic ring is 1. The summed E-state index contributed by atoms with van der Waals surface area (Å²) >= 11 is 0. The number of carbonyl (C=O) groups excluding carboxylic acids is 1. The van der Waals surface area contributed by atoms with E-state index in [1.807, 2.05) is 43.3 Å². The van der Waals surface area contributed by atoms with Gasteiger partial charge in [-0.25, -0.2) is 19.4 Å². The second-order valence-electron chi connectivity index (χ2n) is 10.4. The molecule has 1 fully saturated rings. The SMILES string of the molecule is Cc1ccc(C(=O)Nc2ccc(-c3nn([C@@H]4CCCN(C(=O)O)C4)c4ncnc(N)c34)c3c2OCO3)c2ccccc12. The fourth-order valence-corrected chi connectivity index (χ4v) is 5.89. The Balaban J connectivity index is 1.29. The lowest BCUT2D eigenvalue weighted by molar-refractivity contribution is 0.102. The number of benzene rings is 3. The largest absolute Gasteiger partial charge is 0.465 e. The van der Waals surface area contributed by atoms with Crippen molar-refractivity contribution in [1.29, 1.82) is 0 Å². The number of carboxylic acid groups (broad SMARTS) is 1. The van der Waals surface area contributed by atoms with E-state index in [1.165, 1.54) is 11.2 Å². The molecule has 0 saturated carbocycles. The molecule has 4 N–H and O–H groups in total. The van der Waals surface area contributed by atoms with Gasteiger partial charge in [0.1, 0.15) is 17.8 Å². The minimum absolute atomic E-state index is 0.0382. The first kappa shape index (κ1) is 25.6. The normalized spacial score (nSPS) is 16.2. The summed E-state index contributed by atoms with van der Waals surface area (Å²) in [5.41, 5.74) is 10.0. The second-order valence-corrected chi connectivity index (χ2v) is 10.4. The molecular formula is C30H27N7O5. The van der Waals surface area contributed by atoms with Crippen LogP contribution in [0.1, 0.15) is 34.8 Å². The van der Waals surface area contributed by atoms with Gasteiger partial charge in [-0.05, 0) is 54.3 Å². The number of rotatable bonds is 4. The Morgan fingerprint density at radius 1 is 1.05 bits per heavy atom. The predicted molar refractivity (Wildman–Crippen MR) is 156 cm³/mol. The number of nitrogens with one attached hydrogen (secondary N) is 1. The number of amides is 2. The Morgan fingerprint density at radius 2 is 1.86 bits per heavy atom. The number of fused-ring (bicyclic) bond motifs is 3. The zero-order valence-corrected chi connectivity index (χ0v) is 22.7. The zero-order chi connectivity index (χ0) is 29.0. The van der Waals surface area contributed by atoms with Crippen molar-refractivity contribution in [3.8, 4) is 22.8 Å². The molecule has 0 bridgehead atoms. The van der Waals surface area contributed by atoms with Crippen LogP contribution in [0.2, 0.25) is 0 Å². The van der Waals surface area contributed by atoms with Gasteiger partial charge in [-0.15, -0.1) is 0 Å². The fraction of sp³-hybridized carbons (Fsp3) is 0.233. The average Bonchev–Trinajstić information content (AvgIpc) is 3.65. The molecule has 2 aliphatic heterocycles. The van der Waals surface area contributed by atoms with Crippen LogP contribution in [0.4, 0.5) is 16.3 Å². The summed E-state index contributed by atoms with van der Waals surface area (Å²) in [7, 11) is 0. The van der Waals surface area contributed by atoms with E-state index in [9.17, 15) is 14.7 Å². The van der Waals surface area contributed by atoms with E-state index in [-0.39, 0.29) is 31.1 Å². The number of piperidine rings is 1. The number of carbonyl (C=O) groups is 2. The second kappa shape index (κ2) is 9.91. The minimum Gasteiger partial charge on any atom is -0.465 e. The van der Waals surface area contributed by atoms with Crippen molar-refractivity contribution in [2.45, 2.75) is 25.8 Å². The molecule has 1 atom stereocenters. The van der Waals surface area contributed by atoms with E-state index in [1.54, 1.807) is 16.8 Å². The van der Waals surface area contributed by atoms with E-state index in [0.29, 0.717) is 58.0 Å². The lowest BCUT2D eigenvalue weighted by Crippen LogP contribution is -2.40. The molecule has 42 heavy (non-hydrogen) atoms. The van der Waals surface area contributed by atoms with Gasteiger partial charge in [0.25, 0.3) is 5.91 Å². The molecule has 12 nitrogen and oxygen atoms in total. The summed E-state index contributed by atoms with van der Waals surface area (Å²) in [6, 6.07) is 14.8. The summed E-state index contributed by atoms with van der Waals surface area (Å²) in [5, 5.41) is 19.8. The van der Waals surface area contributed by atoms with Crippen LogP contribution in [0, 0.1) is 6.92 Å². The third-order valence-electron chi connectivity index (χ3n) is 7.94. The Hall–Kier alpha value is -5.39. The molecule has 7 rings (SSSR count). The number of aryl methyl sites for hydroxylation is 1. The first-order chi connectivity index (χ1) is 20.4. The van der Waals surface area contributed by atoms with Crippen molar-refractivity contribution in [1.82, 2.24) is 24.6 Å². The van der Waals surface area contributed by atoms with Crippen LogP contribution in [0.25, 0.3) is 33.1 Å². The average molecular weight is 566 g/mol. The van der Waals surface area contributed by atoms with Crippen molar-refractivity contribution in [3.63, 3.8) is 0 Å². The molecule has 1 saturated heterocycles. The van der Waals surface area contributed by atoms with Gasteiger partial charge in [0.15, 0.2) is 17.1 Å². The van der Waals surface area contributed by atoms with Crippen molar-refractivity contribution in [2.24, 2.45) is 0 Å². The van der Waals surface area contributed by atoms with Crippen LogP contribution in [-0.2, 0) is 0 Å². The molecule has 0 radical (unpaired) electrons. The highest BCUT2D eigenvalue weighted by atomic mass is 16.7. The van der Waals surface area contributed by atoms with Gasteiger partial charge in [0.2, 0.25) is 6.79 Å². The minimum atomic E-state index is -0.967. The Kier molecular flexibility index (Phi) is 6.03. The van der Waals surface area contributed by atoms with Gasteiger partial charge in [-0.1, -0.05) is 30.3 Å². The summed E-state index contributed by atoms with van der Waals surface area (Å²) in [5.74, 6) is 0.755. The summed E-state index contributed by atoms with van der Waals surface area (Å²) < 4.78 is 13.5. The van der Waals surface area contributed by atoms with Crippen molar-refractivity contribution < 1.29 is 24.2 Å². The number of hydrogen-bond donors (Lipinski definition) is 3. The quantitative estimate of drug-likeness (QED) is 0.277. The highest BCUT2D eigenvalue weighted by Crippen LogP contribution is 2.48. The first-order valence-corrected chi connectivity index (χ1v) is 13.6. The number of nitrogens with two attached hydrogens (primary N) is 1. The third kappa shape index (κ3) is 4.10. The third-order valence-corrected chi connectivity index (χ3v) is 7.94. The van der Waals surface area contributed by atoms with Crippen LogP contribution in [0.15, 0.2) is 54.9 Å². The lowest BCUT2D eigenvalue weighted by Gasteiger charge is -2.30. The van der Waals surface area contributed by atoms with Crippen LogP contribution >= 0.6 is 0 Å². The predicted octanol–water partition coefficient (Wildman–Crippen LogP) is 4.83. The maximum absolute atomic E-state index is 13.5.